The Morgan fingerprint density at radius 3 is 2.57 bits per heavy atom. The van der Waals surface area contributed by atoms with Crippen molar-refractivity contribution in [2.75, 3.05) is 18.6 Å². The van der Waals surface area contributed by atoms with Gasteiger partial charge in [0.15, 0.2) is 0 Å². The maximum absolute atomic E-state index is 6.23. The highest BCUT2D eigenvalue weighted by Crippen LogP contribution is 2.42. The lowest BCUT2D eigenvalue weighted by atomic mass is 9.87. The molecule has 0 radical (unpaired) electrons. The second-order valence-electron chi connectivity index (χ2n) is 7.94. The van der Waals surface area contributed by atoms with Gasteiger partial charge in [-0.25, -0.2) is 0 Å². The van der Waals surface area contributed by atoms with Gasteiger partial charge in [-0.3, -0.25) is 4.99 Å². The number of hydrogen-bond acceptors (Lipinski definition) is 3. The number of anilines is 1. The number of allylic oxidation sites excluding steroid dienone is 1. The predicted molar refractivity (Wildman–Crippen MR) is 122 cm³/mol. The third-order valence-corrected chi connectivity index (χ3v) is 5.69. The van der Waals surface area contributed by atoms with E-state index in [-0.39, 0.29) is 5.54 Å². The molecule has 1 heterocycles. The molecule has 0 spiro atoms. The molecule has 28 heavy (non-hydrogen) atoms. The Morgan fingerprint density at radius 1 is 1.18 bits per heavy atom. The second-order valence-corrected chi connectivity index (χ2v) is 8.34. The van der Waals surface area contributed by atoms with Crippen molar-refractivity contribution >= 4 is 34.8 Å². The molecule has 1 aliphatic rings. The summed E-state index contributed by atoms with van der Waals surface area (Å²) in [7, 11) is 1.71. The Morgan fingerprint density at radius 2 is 1.93 bits per heavy atom. The van der Waals surface area contributed by atoms with Gasteiger partial charge in [-0.05, 0) is 63.5 Å². The average Bonchev–Trinajstić information content (AvgIpc) is 2.65. The van der Waals surface area contributed by atoms with Crippen LogP contribution in [-0.2, 0) is 0 Å². The smallest absolute Gasteiger partial charge is 0.129 e. The molecule has 0 aliphatic carbocycles. The van der Waals surface area contributed by atoms with Gasteiger partial charge >= 0.3 is 0 Å². The van der Waals surface area contributed by atoms with E-state index in [0.717, 1.165) is 40.6 Å². The van der Waals surface area contributed by atoms with Crippen LogP contribution in [0.5, 0.6) is 5.75 Å². The van der Waals surface area contributed by atoms with Crippen LogP contribution in [0.2, 0.25) is 5.02 Å². The number of nitrogens with zero attached hydrogens (tertiary/aromatic N) is 2. The Bertz CT molecular complexity index is 944. The van der Waals surface area contributed by atoms with E-state index in [1.807, 2.05) is 31.3 Å². The van der Waals surface area contributed by atoms with Crippen LogP contribution < -0.4 is 9.64 Å². The fourth-order valence-corrected chi connectivity index (χ4v) is 4.01. The van der Waals surface area contributed by atoms with E-state index in [1.165, 1.54) is 16.8 Å². The molecule has 0 saturated heterocycles. The van der Waals surface area contributed by atoms with Crippen molar-refractivity contribution in [3.63, 3.8) is 0 Å². The number of hydrogen-bond donors (Lipinski definition) is 0. The first-order chi connectivity index (χ1) is 13.3. The summed E-state index contributed by atoms with van der Waals surface area (Å²) in [5, 5.41) is 0.725. The van der Waals surface area contributed by atoms with Gasteiger partial charge in [0, 0.05) is 40.7 Å². The number of methoxy groups -OCH3 is 1. The summed E-state index contributed by atoms with van der Waals surface area (Å²) in [6.07, 6.45) is 5.30. The van der Waals surface area contributed by atoms with Crippen molar-refractivity contribution in [2.24, 2.45) is 4.99 Å². The molecule has 0 bridgehead atoms. The van der Waals surface area contributed by atoms with E-state index in [4.69, 9.17) is 16.3 Å². The van der Waals surface area contributed by atoms with Crippen molar-refractivity contribution in [1.29, 1.82) is 0 Å². The monoisotopic (exact) mass is 396 g/mol. The number of benzene rings is 2. The Labute approximate surface area is 173 Å². The normalized spacial score (nSPS) is 15.5. The van der Waals surface area contributed by atoms with Gasteiger partial charge in [0.1, 0.15) is 5.75 Å². The van der Waals surface area contributed by atoms with Crippen molar-refractivity contribution in [3.8, 4) is 5.75 Å². The zero-order valence-corrected chi connectivity index (χ0v) is 18.4. The maximum atomic E-state index is 6.23. The lowest BCUT2D eigenvalue weighted by Crippen LogP contribution is -2.45. The first-order valence-electron chi connectivity index (χ1n) is 9.76. The van der Waals surface area contributed by atoms with Crippen molar-refractivity contribution in [2.45, 2.75) is 46.6 Å². The van der Waals surface area contributed by atoms with E-state index in [1.54, 1.807) is 7.11 Å². The van der Waals surface area contributed by atoms with Crippen LogP contribution >= 0.6 is 11.6 Å². The first kappa shape index (κ1) is 20.5. The molecule has 3 nitrogen and oxygen atoms in total. The van der Waals surface area contributed by atoms with Crippen LogP contribution in [0.1, 0.15) is 50.8 Å². The number of fused-ring (bicyclic) bond motifs is 1. The largest absolute Gasteiger partial charge is 0.496 e. The molecule has 4 heteroatoms. The van der Waals surface area contributed by atoms with Crippen LogP contribution in [0.15, 0.2) is 41.4 Å². The Hall–Kier alpha value is -2.26. The fourth-order valence-electron chi connectivity index (χ4n) is 3.84. The zero-order chi connectivity index (χ0) is 20.5. The standard InChI is InChI=1S/C24H29ClN2O/c1-7-10-27-22-13-23(28-6)18(11-20(22)17(3)14-24(27,4)5)15-26-19-9-8-16(2)21(25)12-19/h8-9,11-15H,7,10H2,1-6H3. The lowest BCUT2D eigenvalue weighted by molar-refractivity contribution is 0.413. The molecule has 148 valence electrons. The Balaban J connectivity index is 2.06. The van der Waals surface area contributed by atoms with Crippen LogP contribution in [0.4, 0.5) is 11.4 Å². The van der Waals surface area contributed by atoms with Gasteiger partial charge in [0.05, 0.1) is 18.3 Å². The molecule has 2 aromatic rings. The minimum absolute atomic E-state index is 0.0215. The summed E-state index contributed by atoms with van der Waals surface area (Å²) in [5.74, 6) is 0.826. The highest BCUT2D eigenvalue weighted by Gasteiger charge is 2.31. The van der Waals surface area contributed by atoms with Crippen LogP contribution in [0, 0.1) is 6.92 Å². The topological polar surface area (TPSA) is 24.8 Å². The molecular weight excluding hydrogens is 368 g/mol. The molecule has 2 aromatic carbocycles. The van der Waals surface area contributed by atoms with E-state index in [2.05, 4.69) is 55.8 Å². The summed E-state index contributed by atoms with van der Waals surface area (Å²) in [6.45, 7) is 11.9. The third-order valence-electron chi connectivity index (χ3n) is 5.28. The van der Waals surface area contributed by atoms with Crippen molar-refractivity contribution < 1.29 is 4.74 Å². The van der Waals surface area contributed by atoms with Crippen LogP contribution in [0.3, 0.4) is 0 Å². The summed E-state index contributed by atoms with van der Waals surface area (Å²) in [4.78, 5) is 7.08. The molecule has 0 unspecified atom stereocenters. The molecule has 0 saturated carbocycles. The van der Waals surface area contributed by atoms with E-state index >= 15 is 0 Å². The van der Waals surface area contributed by atoms with Gasteiger partial charge in [0.25, 0.3) is 0 Å². The lowest BCUT2D eigenvalue weighted by Gasteiger charge is -2.43. The highest BCUT2D eigenvalue weighted by molar-refractivity contribution is 6.31. The van der Waals surface area contributed by atoms with Crippen molar-refractivity contribution in [3.05, 3.63) is 58.1 Å². The molecule has 0 atom stereocenters. The van der Waals surface area contributed by atoms with Crippen molar-refractivity contribution in [1.82, 2.24) is 0 Å². The summed E-state index contributed by atoms with van der Waals surface area (Å²) < 4.78 is 5.71. The number of ether oxygens (including phenoxy) is 1. The molecule has 0 aromatic heterocycles. The van der Waals surface area contributed by atoms with Gasteiger partial charge in [-0.15, -0.1) is 0 Å². The number of aliphatic imine (C=N–C) groups is 1. The molecule has 3 rings (SSSR count). The number of rotatable bonds is 5. The summed E-state index contributed by atoms with van der Waals surface area (Å²) >= 11 is 6.23. The predicted octanol–water partition coefficient (Wildman–Crippen LogP) is 6.82. The zero-order valence-electron chi connectivity index (χ0n) is 17.6. The third kappa shape index (κ3) is 3.95. The number of aryl methyl sites for hydroxylation is 1. The quantitative estimate of drug-likeness (QED) is 0.518. The molecule has 0 N–H and O–H groups in total. The average molecular weight is 397 g/mol. The van der Waals surface area contributed by atoms with E-state index in [9.17, 15) is 0 Å². The van der Waals surface area contributed by atoms with Gasteiger partial charge in [-0.2, -0.15) is 0 Å². The van der Waals surface area contributed by atoms with E-state index < -0.39 is 0 Å². The Kier molecular flexibility index (Phi) is 5.85. The highest BCUT2D eigenvalue weighted by atomic mass is 35.5. The summed E-state index contributed by atoms with van der Waals surface area (Å²) in [5.41, 5.74) is 6.55. The van der Waals surface area contributed by atoms with Crippen LogP contribution in [-0.4, -0.2) is 25.4 Å². The SMILES string of the molecule is CCCN1c2cc(OC)c(C=Nc3ccc(C)c(Cl)c3)cc2C(C)=CC1(C)C. The minimum atomic E-state index is -0.0215. The first-order valence-corrected chi connectivity index (χ1v) is 10.1. The van der Waals surface area contributed by atoms with Gasteiger partial charge < -0.3 is 9.64 Å². The maximum Gasteiger partial charge on any atom is 0.129 e. The van der Waals surface area contributed by atoms with Gasteiger partial charge in [-0.1, -0.05) is 30.7 Å². The summed E-state index contributed by atoms with van der Waals surface area (Å²) in [6, 6.07) is 10.2. The molecular formula is C24H29ClN2O. The molecule has 0 fully saturated rings. The molecule has 1 aliphatic heterocycles. The fraction of sp³-hybridized carbons (Fsp3) is 0.375. The second kappa shape index (κ2) is 8.00. The van der Waals surface area contributed by atoms with Gasteiger partial charge in [0.2, 0.25) is 0 Å². The number of halogens is 1. The molecule has 0 amide bonds. The van der Waals surface area contributed by atoms with E-state index in [0.29, 0.717) is 0 Å². The van der Waals surface area contributed by atoms with Crippen LogP contribution in [0.25, 0.3) is 5.57 Å². The minimum Gasteiger partial charge on any atom is -0.496 e.